The number of halogens is 2. The second-order valence-electron chi connectivity index (χ2n) is 7.15. The summed E-state index contributed by atoms with van der Waals surface area (Å²) < 4.78 is 0. The van der Waals surface area contributed by atoms with E-state index in [1.54, 1.807) is 0 Å². The van der Waals surface area contributed by atoms with Gasteiger partial charge in [0.15, 0.2) is 0 Å². The zero-order chi connectivity index (χ0) is 15.0. The summed E-state index contributed by atoms with van der Waals surface area (Å²) >= 11 is 0. The molecule has 0 radical (unpaired) electrons. The summed E-state index contributed by atoms with van der Waals surface area (Å²) in [6.07, 6.45) is 32.3. The Morgan fingerprint density at radius 2 is 0.960 bits per heavy atom. The van der Waals surface area contributed by atoms with Crippen molar-refractivity contribution < 1.29 is 46.5 Å². The average Bonchev–Trinajstić information content (AvgIpc) is 3.31. The number of hydrogen-bond acceptors (Lipinski definition) is 0. The molecule has 0 spiro atoms. The monoisotopic (exact) mass is 412 g/mol. The predicted molar refractivity (Wildman–Crippen MR) is 94.2 cm³/mol. The molecule has 0 bridgehead atoms. The van der Waals surface area contributed by atoms with Gasteiger partial charge < -0.3 is 24.8 Å². The van der Waals surface area contributed by atoms with Crippen LogP contribution in [0.5, 0.6) is 0 Å². The predicted octanol–water partition coefficient (Wildman–Crippen LogP) is 0.518. The minimum Gasteiger partial charge on any atom is -1.00 e. The van der Waals surface area contributed by atoms with Gasteiger partial charge in [0, 0.05) is 0 Å². The van der Waals surface area contributed by atoms with Crippen molar-refractivity contribution in [3.63, 3.8) is 0 Å². The zero-order valence-corrected chi connectivity index (χ0v) is 18.3. The maximum absolute atomic E-state index is 3.43. The van der Waals surface area contributed by atoms with Crippen LogP contribution >= 0.6 is 0 Å². The molecule has 25 heavy (non-hydrogen) atoms. The van der Waals surface area contributed by atoms with Crippen LogP contribution in [-0.4, -0.2) is 0 Å². The Morgan fingerprint density at radius 1 is 0.600 bits per heavy atom. The van der Waals surface area contributed by atoms with E-state index in [0.29, 0.717) is 0 Å². The van der Waals surface area contributed by atoms with Gasteiger partial charge in [-0.3, -0.25) is 12.2 Å². The van der Waals surface area contributed by atoms with Gasteiger partial charge in [-0.1, -0.05) is 38.5 Å². The van der Waals surface area contributed by atoms with Gasteiger partial charge in [0.25, 0.3) is 0 Å². The summed E-state index contributed by atoms with van der Waals surface area (Å²) in [5.74, 6) is 1.73. The van der Waals surface area contributed by atoms with Crippen LogP contribution in [0.1, 0.15) is 77.0 Å². The Kier molecular flexibility index (Phi) is 14.5. The summed E-state index contributed by atoms with van der Waals surface area (Å²) in [4.78, 5) is 0. The van der Waals surface area contributed by atoms with E-state index in [-0.39, 0.29) is 46.5 Å². The van der Waals surface area contributed by atoms with Crippen molar-refractivity contribution in [3.05, 3.63) is 47.6 Å². The number of hydrogen-bond donors (Lipinski definition) is 0. The normalized spacial score (nSPS) is 22.6. The Morgan fingerprint density at radius 3 is 1.24 bits per heavy atom. The quantitative estimate of drug-likeness (QED) is 0.458. The summed E-state index contributed by atoms with van der Waals surface area (Å²) in [7, 11) is 0. The fraction of sp³-hybridized carbons (Fsp3) is 0.636. The van der Waals surface area contributed by atoms with Gasteiger partial charge >= 0.3 is 21.7 Å². The minimum atomic E-state index is 0. The van der Waals surface area contributed by atoms with Gasteiger partial charge in [-0.25, -0.2) is 23.3 Å². The van der Waals surface area contributed by atoms with Crippen LogP contribution in [0.4, 0.5) is 0 Å². The molecule has 0 aliphatic heterocycles. The first-order valence-electron chi connectivity index (χ1n) is 9.48. The van der Waals surface area contributed by atoms with E-state index in [2.05, 4.69) is 36.5 Å². The molecular weight excluding hydrogens is 383 g/mol. The van der Waals surface area contributed by atoms with Crippen LogP contribution in [0.25, 0.3) is 0 Å². The number of rotatable bonds is 2. The van der Waals surface area contributed by atoms with Gasteiger partial charge in [0.1, 0.15) is 0 Å². The first-order valence-corrected chi connectivity index (χ1v) is 9.48. The van der Waals surface area contributed by atoms with E-state index >= 15 is 0 Å². The number of allylic oxidation sites excluding steroid dienone is 8. The molecule has 4 aliphatic rings. The maximum Gasteiger partial charge on any atom is 4.00 e. The summed E-state index contributed by atoms with van der Waals surface area (Å²) in [6, 6.07) is 0. The van der Waals surface area contributed by atoms with Crippen LogP contribution in [0, 0.1) is 24.0 Å². The van der Waals surface area contributed by atoms with Crippen molar-refractivity contribution in [2.45, 2.75) is 77.0 Å². The molecule has 0 aromatic carbocycles. The van der Waals surface area contributed by atoms with Gasteiger partial charge in [0.05, 0.1) is 0 Å². The molecule has 0 aromatic rings. The minimum absolute atomic E-state index is 0. The molecule has 0 atom stereocenters. The third kappa shape index (κ3) is 8.21. The molecule has 2 saturated carbocycles. The Hall–Kier alpha value is 0.254. The molecule has 136 valence electrons. The molecule has 0 nitrogen and oxygen atoms in total. The Balaban J connectivity index is 0.000000411. The van der Waals surface area contributed by atoms with E-state index in [4.69, 9.17) is 0 Å². The third-order valence-electron chi connectivity index (χ3n) is 5.53. The summed E-state index contributed by atoms with van der Waals surface area (Å²) in [5, 5.41) is 0. The van der Waals surface area contributed by atoms with Crippen LogP contribution in [0.2, 0.25) is 0 Å². The molecule has 0 amide bonds. The molecule has 0 saturated heterocycles. The van der Waals surface area contributed by atoms with Gasteiger partial charge in [-0.05, 0) is 37.5 Å². The van der Waals surface area contributed by atoms with E-state index in [1.165, 1.54) is 75.4 Å². The fourth-order valence-corrected chi connectivity index (χ4v) is 4.23. The van der Waals surface area contributed by atoms with Crippen LogP contribution < -0.4 is 24.8 Å². The van der Waals surface area contributed by atoms with Crippen molar-refractivity contribution in [2.24, 2.45) is 11.8 Å². The summed E-state index contributed by atoms with van der Waals surface area (Å²) in [6.45, 7) is 0. The Bertz CT molecular complexity index is 420. The topological polar surface area (TPSA) is 0 Å². The largest absolute Gasteiger partial charge is 4.00 e. The molecule has 3 heteroatoms. The molecule has 0 unspecified atom stereocenters. The molecule has 0 heterocycles. The maximum atomic E-state index is 3.43. The fourth-order valence-electron chi connectivity index (χ4n) is 4.23. The SMILES string of the molecule is [C-]1=C(C2CCCCC2)C=CC1.[C-]1=C(C2CCCCC2)C=CC1.[Cl-].[Cl-].[Ti+4]. The second kappa shape index (κ2) is 14.3. The van der Waals surface area contributed by atoms with Gasteiger partial charge in [0.2, 0.25) is 0 Å². The van der Waals surface area contributed by atoms with Crippen molar-refractivity contribution in [1.82, 2.24) is 0 Å². The smallest absolute Gasteiger partial charge is 1.00 e. The molecule has 0 aromatic heterocycles. The molecule has 4 aliphatic carbocycles. The van der Waals surface area contributed by atoms with Crippen LogP contribution in [-0.2, 0) is 21.7 Å². The van der Waals surface area contributed by atoms with Crippen molar-refractivity contribution >= 4 is 0 Å². The van der Waals surface area contributed by atoms with E-state index in [0.717, 1.165) is 24.7 Å². The van der Waals surface area contributed by atoms with Crippen molar-refractivity contribution in [2.75, 3.05) is 0 Å². The molecule has 0 N–H and O–H groups in total. The van der Waals surface area contributed by atoms with E-state index < -0.39 is 0 Å². The third-order valence-corrected chi connectivity index (χ3v) is 5.53. The molecule has 2 fully saturated rings. The average molecular weight is 413 g/mol. The summed E-state index contributed by atoms with van der Waals surface area (Å²) in [5.41, 5.74) is 3.01. The molecular formula is C22H30Cl2Ti. The van der Waals surface area contributed by atoms with Crippen molar-refractivity contribution in [3.8, 4) is 0 Å². The Labute approximate surface area is 182 Å². The van der Waals surface area contributed by atoms with Gasteiger partial charge in [-0.15, -0.1) is 12.8 Å². The first kappa shape index (κ1) is 25.3. The van der Waals surface area contributed by atoms with Gasteiger partial charge in [-0.2, -0.15) is 12.2 Å². The van der Waals surface area contributed by atoms with Crippen LogP contribution in [0.3, 0.4) is 0 Å². The zero-order valence-electron chi connectivity index (χ0n) is 15.2. The van der Waals surface area contributed by atoms with E-state index in [9.17, 15) is 0 Å². The van der Waals surface area contributed by atoms with E-state index in [1.807, 2.05) is 0 Å². The second-order valence-corrected chi connectivity index (χ2v) is 7.15. The first-order chi connectivity index (χ1) is 10.9. The standard InChI is InChI=1S/2C11H15.2ClH.Ti/c2*1-2-6-10(7-3-1)11-8-4-5-9-11;;;/h2*4,8,10H,1-3,5-7H2;2*1H;/q2*-1;;;+4/p-2. The van der Waals surface area contributed by atoms with Crippen LogP contribution in [0.15, 0.2) is 35.5 Å². The molecule has 4 rings (SSSR count). The van der Waals surface area contributed by atoms with Crippen molar-refractivity contribution in [1.29, 1.82) is 0 Å².